The average Bonchev–Trinajstić information content (AvgIpc) is 3.12. The topological polar surface area (TPSA) is 62.6 Å². The number of amides is 2. The lowest BCUT2D eigenvalue weighted by molar-refractivity contribution is -0.131. The molecule has 0 unspecified atom stereocenters. The lowest BCUT2D eigenvalue weighted by atomic mass is 10.1. The van der Waals surface area contributed by atoms with E-state index in [2.05, 4.69) is 0 Å². The number of benzene rings is 2. The molecule has 2 amide bonds. The highest BCUT2D eigenvalue weighted by Gasteiger charge is 2.26. The maximum atomic E-state index is 13.0. The zero-order valence-electron chi connectivity index (χ0n) is 17.0. The number of likely N-dealkylation sites (N-methyl/N-ethyl adjacent to an activating group) is 2. The van der Waals surface area contributed by atoms with Crippen LogP contribution < -0.4 is 4.90 Å². The minimum atomic E-state index is -0.617. The van der Waals surface area contributed by atoms with Gasteiger partial charge >= 0.3 is 0 Å². The van der Waals surface area contributed by atoms with Crippen molar-refractivity contribution < 1.29 is 14.4 Å². The number of carbonyl (C=O) groups excluding carboxylic acids is 3. The number of fused-ring (bicyclic) bond motifs is 1. The molecule has 0 atom stereocenters. The minimum Gasteiger partial charge on any atom is -0.342 e. The van der Waals surface area contributed by atoms with Gasteiger partial charge in [0.25, 0.3) is 11.7 Å². The molecule has 0 aliphatic heterocycles. The first-order valence-electron chi connectivity index (χ1n) is 9.71. The predicted octanol–water partition coefficient (Wildman–Crippen LogP) is 3.36. The molecule has 0 fully saturated rings. The van der Waals surface area contributed by atoms with Crippen molar-refractivity contribution in [3.63, 3.8) is 0 Å². The van der Waals surface area contributed by atoms with E-state index >= 15 is 0 Å². The second-order valence-corrected chi connectivity index (χ2v) is 6.78. The molecule has 0 spiro atoms. The van der Waals surface area contributed by atoms with Crippen LogP contribution in [0.5, 0.6) is 0 Å². The van der Waals surface area contributed by atoms with Crippen molar-refractivity contribution in [3.8, 4) is 0 Å². The molecule has 0 N–H and O–H groups in total. The second-order valence-electron chi connectivity index (χ2n) is 6.78. The monoisotopic (exact) mass is 391 g/mol. The predicted molar refractivity (Wildman–Crippen MR) is 114 cm³/mol. The van der Waals surface area contributed by atoms with E-state index in [1.807, 2.05) is 50.2 Å². The number of ketones is 1. The van der Waals surface area contributed by atoms with Gasteiger partial charge in [0.05, 0.1) is 5.56 Å². The van der Waals surface area contributed by atoms with Gasteiger partial charge in [-0.3, -0.25) is 14.4 Å². The summed E-state index contributed by atoms with van der Waals surface area (Å²) >= 11 is 0. The quantitative estimate of drug-likeness (QED) is 0.458. The molecule has 6 nitrogen and oxygen atoms in total. The first-order valence-corrected chi connectivity index (χ1v) is 9.71. The van der Waals surface area contributed by atoms with Crippen molar-refractivity contribution in [2.24, 2.45) is 0 Å². The molecule has 3 aromatic rings. The van der Waals surface area contributed by atoms with E-state index < -0.39 is 11.7 Å². The summed E-state index contributed by atoms with van der Waals surface area (Å²) in [6.07, 6.45) is 1.62. The summed E-state index contributed by atoms with van der Waals surface area (Å²) in [7, 11) is 1.58. The van der Waals surface area contributed by atoms with Gasteiger partial charge in [-0.1, -0.05) is 36.4 Å². The molecule has 29 heavy (non-hydrogen) atoms. The van der Waals surface area contributed by atoms with Crippen LogP contribution >= 0.6 is 0 Å². The largest absolute Gasteiger partial charge is 0.342 e. The molecule has 6 heteroatoms. The average molecular weight is 391 g/mol. The zero-order chi connectivity index (χ0) is 21.0. The van der Waals surface area contributed by atoms with Gasteiger partial charge in [-0.25, -0.2) is 0 Å². The molecule has 1 aromatic heterocycles. The van der Waals surface area contributed by atoms with Gasteiger partial charge in [0.2, 0.25) is 5.91 Å². The molecule has 0 saturated heterocycles. The van der Waals surface area contributed by atoms with Crippen LogP contribution in [0, 0.1) is 0 Å². The van der Waals surface area contributed by atoms with Crippen molar-refractivity contribution in [1.82, 2.24) is 9.47 Å². The fourth-order valence-electron chi connectivity index (χ4n) is 3.42. The van der Waals surface area contributed by atoms with Crippen molar-refractivity contribution in [2.45, 2.75) is 20.4 Å². The Morgan fingerprint density at radius 2 is 1.52 bits per heavy atom. The van der Waals surface area contributed by atoms with E-state index in [0.29, 0.717) is 29.7 Å². The van der Waals surface area contributed by atoms with Crippen LogP contribution in [0.4, 0.5) is 5.69 Å². The number of Topliss-reactive ketones (excluding diaryl/α,β-unsaturated/α-hetero) is 1. The van der Waals surface area contributed by atoms with E-state index in [-0.39, 0.29) is 12.5 Å². The minimum absolute atomic E-state index is 0.0255. The number of rotatable bonds is 7. The first kappa shape index (κ1) is 20.3. The van der Waals surface area contributed by atoms with E-state index in [9.17, 15) is 14.4 Å². The number of anilines is 1. The Morgan fingerprint density at radius 1 is 0.897 bits per heavy atom. The van der Waals surface area contributed by atoms with Gasteiger partial charge in [-0.15, -0.1) is 0 Å². The Hall–Kier alpha value is -3.41. The van der Waals surface area contributed by atoms with Gasteiger partial charge < -0.3 is 14.4 Å². The lowest BCUT2D eigenvalue weighted by Crippen LogP contribution is -2.33. The number of carbonyl (C=O) groups is 3. The molecule has 2 aromatic carbocycles. The summed E-state index contributed by atoms with van der Waals surface area (Å²) in [5.74, 6) is -1.24. The summed E-state index contributed by atoms with van der Waals surface area (Å²) in [5.41, 5.74) is 1.71. The SMILES string of the molecule is CCN(CC)C(=O)Cn1cc(C(=O)C(=O)N(C)c2ccccc2)c2ccccc21. The van der Waals surface area contributed by atoms with Crippen LogP contribution in [0.2, 0.25) is 0 Å². The van der Waals surface area contributed by atoms with E-state index in [4.69, 9.17) is 0 Å². The summed E-state index contributed by atoms with van der Waals surface area (Å²) in [4.78, 5) is 41.5. The fraction of sp³-hybridized carbons (Fsp3) is 0.261. The molecular formula is C23H25N3O3. The first-order chi connectivity index (χ1) is 14.0. The Labute approximate surface area is 170 Å². The summed E-state index contributed by atoms with van der Waals surface area (Å²) in [6.45, 7) is 5.24. The van der Waals surface area contributed by atoms with Crippen molar-refractivity contribution in [1.29, 1.82) is 0 Å². The van der Waals surface area contributed by atoms with Crippen LogP contribution in [-0.4, -0.2) is 47.2 Å². The molecule has 0 aliphatic rings. The van der Waals surface area contributed by atoms with E-state index in [1.165, 1.54) is 4.90 Å². The highest BCUT2D eigenvalue weighted by atomic mass is 16.2. The maximum Gasteiger partial charge on any atom is 0.299 e. The molecule has 0 bridgehead atoms. The van der Waals surface area contributed by atoms with E-state index in [1.54, 1.807) is 40.9 Å². The number of para-hydroxylation sites is 2. The van der Waals surface area contributed by atoms with Gasteiger partial charge in [0.15, 0.2) is 0 Å². The van der Waals surface area contributed by atoms with Gasteiger partial charge in [0, 0.05) is 42.9 Å². The third-order valence-corrected chi connectivity index (χ3v) is 5.10. The number of aromatic nitrogens is 1. The van der Waals surface area contributed by atoms with Crippen LogP contribution in [-0.2, 0) is 16.1 Å². The van der Waals surface area contributed by atoms with Crippen molar-refractivity contribution in [3.05, 3.63) is 66.4 Å². The van der Waals surface area contributed by atoms with Crippen molar-refractivity contribution >= 4 is 34.2 Å². The molecule has 0 radical (unpaired) electrons. The van der Waals surface area contributed by atoms with Gasteiger partial charge in [-0.2, -0.15) is 0 Å². The Morgan fingerprint density at radius 3 is 2.17 bits per heavy atom. The van der Waals surface area contributed by atoms with Crippen LogP contribution in [0.15, 0.2) is 60.8 Å². The molecule has 150 valence electrons. The summed E-state index contributed by atoms with van der Waals surface area (Å²) < 4.78 is 1.75. The molecule has 0 aliphatic carbocycles. The number of hydrogen-bond donors (Lipinski definition) is 0. The zero-order valence-corrected chi connectivity index (χ0v) is 17.0. The van der Waals surface area contributed by atoms with Crippen LogP contribution in [0.3, 0.4) is 0 Å². The van der Waals surface area contributed by atoms with Gasteiger partial charge in [-0.05, 0) is 32.0 Å². The van der Waals surface area contributed by atoms with Crippen molar-refractivity contribution in [2.75, 3.05) is 25.0 Å². The second kappa shape index (κ2) is 8.73. The van der Waals surface area contributed by atoms with Crippen LogP contribution in [0.1, 0.15) is 24.2 Å². The van der Waals surface area contributed by atoms with E-state index in [0.717, 1.165) is 5.52 Å². The smallest absolute Gasteiger partial charge is 0.299 e. The van der Waals surface area contributed by atoms with Crippen LogP contribution in [0.25, 0.3) is 10.9 Å². The Kier molecular flexibility index (Phi) is 6.12. The third-order valence-electron chi connectivity index (χ3n) is 5.10. The number of hydrogen-bond acceptors (Lipinski definition) is 3. The maximum absolute atomic E-state index is 13.0. The highest BCUT2D eigenvalue weighted by Crippen LogP contribution is 2.23. The fourth-order valence-corrected chi connectivity index (χ4v) is 3.42. The third kappa shape index (κ3) is 4.06. The highest BCUT2D eigenvalue weighted by molar-refractivity contribution is 6.48. The normalized spacial score (nSPS) is 10.7. The molecule has 1 heterocycles. The standard InChI is InChI=1S/C23H25N3O3/c1-4-25(5-2)21(27)16-26-15-19(18-13-9-10-14-20(18)26)22(28)23(29)24(3)17-11-7-6-8-12-17/h6-15H,4-5,16H2,1-3H3. The van der Waals surface area contributed by atoms with Gasteiger partial charge in [0.1, 0.15) is 6.54 Å². The summed E-state index contributed by atoms with van der Waals surface area (Å²) in [6, 6.07) is 16.4. The lowest BCUT2D eigenvalue weighted by Gasteiger charge is -2.19. The molecule has 0 saturated carbocycles. The Bertz CT molecular complexity index is 1040. The summed E-state index contributed by atoms with van der Waals surface area (Å²) in [5, 5.41) is 0.666. The molecule has 3 rings (SSSR count). The number of nitrogens with zero attached hydrogens (tertiary/aromatic N) is 3. The Balaban J connectivity index is 1.94. The molecular weight excluding hydrogens is 366 g/mol.